The highest BCUT2D eigenvalue weighted by Crippen LogP contribution is 2.28. The molecule has 1 saturated carbocycles. The number of rotatable bonds is 13. The maximum absolute atomic E-state index is 10.5. The first kappa shape index (κ1) is 20.3. The van der Waals surface area contributed by atoms with Crippen molar-refractivity contribution in [2.24, 2.45) is 5.92 Å². The van der Waals surface area contributed by atoms with Gasteiger partial charge in [0.25, 0.3) is 0 Å². The molecule has 1 aliphatic carbocycles. The monoisotopic (exact) mass is 351 g/mol. The summed E-state index contributed by atoms with van der Waals surface area (Å²) in [5.74, 6) is 1.43. The van der Waals surface area contributed by atoms with Gasteiger partial charge in [-0.2, -0.15) is 8.42 Å². The summed E-state index contributed by atoms with van der Waals surface area (Å²) in [6, 6.07) is 0. The van der Waals surface area contributed by atoms with Crippen LogP contribution in [0.25, 0.3) is 0 Å². The molecule has 1 rings (SSSR count). The highest BCUT2D eigenvalue weighted by molar-refractivity contribution is 8.69. The average Bonchev–Trinajstić information content (AvgIpc) is 2.48. The topological polar surface area (TPSA) is 66.4 Å². The largest absolute Gasteiger partial charge is 0.319 e. The van der Waals surface area contributed by atoms with Gasteiger partial charge in [0.05, 0.1) is 0 Å². The molecule has 0 heterocycles. The van der Waals surface area contributed by atoms with Crippen molar-refractivity contribution in [2.75, 3.05) is 18.8 Å². The van der Waals surface area contributed by atoms with Crippen molar-refractivity contribution < 1.29 is 13.0 Å². The second-order valence-electron chi connectivity index (χ2n) is 6.41. The van der Waals surface area contributed by atoms with E-state index >= 15 is 0 Å². The summed E-state index contributed by atoms with van der Waals surface area (Å²) in [5, 5.41) is 3.21. The number of unbranched alkanes of at least 4 members (excludes halogenated alkanes) is 5. The molecule has 6 heteroatoms. The van der Waals surface area contributed by atoms with Gasteiger partial charge in [0.2, 0.25) is 0 Å². The Morgan fingerprint density at radius 2 is 1.55 bits per heavy atom. The zero-order valence-corrected chi connectivity index (χ0v) is 15.4. The van der Waals surface area contributed by atoms with Crippen LogP contribution in [0.3, 0.4) is 0 Å². The number of nitrogens with one attached hydrogen (secondary N) is 1. The number of hydrogen-bond donors (Lipinski definition) is 2. The molecule has 0 aromatic carbocycles. The molecule has 0 atom stereocenters. The van der Waals surface area contributed by atoms with Crippen molar-refractivity contribution in [1.82, 2.24) is 5.32 Å². The molecule has 0 aliphatic heterocycles. The van der Waals surface area contributed by atoms with Crippen molar-refractivity contribution in [1.29, 1.82) is 0 Å². The Labute approximate surface area is 140 Å². The fraction of sp³-hybridized carbons (Fsp3) is 1.00. The van der Waals surface area contributed by atoms with Crippen LogP contribution in [0.15, 0.2) is 0 Å². The summed E-state index contributed by atoms with van der Waals surface area (Å²) in [6.45, 7) is 1.57. The van der Waals surface area contributed by atoms with Crippen LogP contribution in [-0.4, -0.2) is 31.8 Å². The van der Waals surface area contributed by atoms with Crippen LogP contribution in [0.1, 0.15) is 77.0 Å². The lowest BCUT2D eigenvalue weighted by Crippen LogP contribution is -2.18. The molecule has 0 aromatic rings. The summed E-state index contributed by atoms with van der Waals surface area (Å²) in [7, 11) is -3.28. The van der Waals surface area contributed by atoms with Gasteiger partial charge >= 0.3 is 9.15 Å². The maximum atomic E-state index is 10.5. The molecule has 0 amide bonds. The van der Waals surface area contributed by atoms with Gasteiger partial charge in [-0.05, 0) is 29.7 Å². The summed E-state index contributed by atoms with van der Waals surface area (Å²) < 4.78 is 29.5. The highest BCUT2D eigenvalue weighted by atomic mass is 33.1. The van der Waals surface area contributed by atoms with E-state index in [-0.39, 0.29) is 0 Å². The number of hydrogen-bond acceptors (Lipinski definition) is 4. The van der Waals surface area contributed by atoms with Gasteiger partial charge in [0.15, 0.2) is 0 Å². The molecule has 0 radical (unpaired) electrons. The summed E-state index contributed by atoms with van der Waals surface area (Å²) in [4.78, 5) is 0. The Morgan fingerprint density at radius 3 is 2.23 bits per heavy atom. The van der Waals surface area contributed by atoms with Crippen LogP contribution in [-0.2, 0) is 9.15 Å². The molecule has 4 nitrogen and oxygen atoms in total. The van der Waals surface area contributed by atoms with Gasteiger partial charge in [-0.3, -0.25) is 4.55 Å². The van der Waals surface area contributed by atoms with Gasteiger partial charge in [-0.1, -0.05) is 70.6 Å². The van der Waals surface area contributed by atoms with E-state index in [1.807, 2.05) is 0 Å². The molecule has 132 valence electrons. The molecular weight excluding hydrogens is 318 g/mol. The molecule has 0 spiro atoms. The van der Waals surface area contributed by atoms with E-state index in [4.69, 9.17) is 4.55 Å². The molecule has 1 fully saturated rings. The Bertz CT molecular complexity index is 354. The van der Waals surface area contributed by atoms with E-state index in [0.717, 1.165) is 18.9 Å². The predicted molar refractivity (Wildman–Crippen MR) is 95.8 cm³/mol. The third-order valence-corrected chi connectivity index (χ3v) is 6.51. The fourth-order valence-electron chi connectivity index (χ4n) is 3.21. The minimum absolute atomic E-state index is 0.403. The first-order valence-electron chi connectivity index (χ1n) is 8.90. The summed E-state index contributed by atoms with van der Waals surface area (Å²) in [5.41, 5.74) is 0. The molecule has 22 heavy (non-hydrogen) atoms. The molecule has 0 unspecified atom stereocenters. The average molecular weight is 352 g/mol. The normalized spacial score (nSPS) is 17.0. The van der Waals surface area contributed by atoms with E-state index in [0.29, 0.717) is 23.1 Å². The molecule has 1 aliphatic rings. The molecule has 0 bridgehead atoms. The Morgan fingerprint density at radius 1 is 0.909 bits per heavy atom. The first-order valence-corrected chi connectivity index (χ1v) is 11.8. The maximum Gasteiger partial charge on any atom is 0.319 e. The smallest absolute Gasteiger partial charge is 0.316 e. The second kappa shape index (κ2) is 12.6. The fourth-order valence-corrected chi connectivity index (χ4v) is 4.53. The van der Waals surface area contributed by atoms with Gasteiger partial charge < -0.3 is 5.32 Å². The SMILES string of the molecule is O=S(=O)(O)SCCNCCCCCCCCC1CCCCC1. The second-order valence-corrected chi connectivity index (χ2v) is 9.88. The minimum atomic E-state index is -3.87. The van der Waals surface area contributed by atoms with E-state index < -0.39 is 9.15 Å². The zero-order valence-electron chi connectivity index (χ0n) is 13.8. The van der Waals surface area contributed by atoms with Gasteiger partial charge in [0, 0.05) is 12.3 Å². The van der Waals surface area contributed by atoms with Crippen LogP contribution in [0.2, 0.25) is 0 Å². The van der Waals surface area contributed by atoms with Crippen LogP contribution >= 0.6 is 10.8 Å². The van der Waals surface area contributed by atoms with Crippen molar-refractivity contribution >= 4 is 19.9 Å². The van der Waals surface area contributed by atoms with Crippen molar-refractivity contribution in [3.05, 3.63) is 0 Å². The standard InChI is InChI=1S/C16H33NO3S2/c18-22(19,20)21-15-14-17-13-9-4-2-1-3-6-10-16-11-7-5-8-12-16/h16-17H,1-15H2,(H,18,19,20). The molecular formula is C16H33NO3S2. The van der Waals surface area contributed by atoms with Crippen LogP contribution in [0.5, 0.6) is 0 Å². The van der Waals surface area contributed by atoms with Crippen LogP contribution in [0.4, 0.5) is 0 Å². The quantitative estimate of drug-likeness (QED) is 0.292. The highest BCUT2D eigenvalue weighted by Gasteiger charge is 2.12. The molecule has 2 N–H and O–H groups in total. The zero-order chi connectivity index (χ0) is 16.1. The lowest BCUT2D eigenvalue weighted by molar-refractivity contribution is 0.328. The third-order valence-electron chi connectivity index (χ3n) is 4.45. The summed E-state index contributed by atoms with van der Waals surface area (Å²) in [6.07, 6.45) is 16.6. The van der Waals surface area contributed by atoms with Crippen molar-refractivity contribution in [2.45, 2.75) is 77.0 Å². The minimum Gasteiger partial charge on any atom is -0.316 e. The Hall–Kier alpha value is 0.220. The van der Waals surface area contributed by atoms with Crippen LogP contribution in [0, 0.1) is 5.92 Å². The van der Waals surface area contributed by atoms with Gasteiger partial charge in [-0.15, -0.1) is 0 Å². The Balaban J connectivity index is 1.74. The van der Waals surface area contributed by atoms with Gasteiger partial charge in [-0.25, -0.2) is 0 Å². The Kier molecular flexibility index (Phi) is 11.6. The van der Waals surface area contributed by atoms with Crippen molar-refractivity contribution in [3.63, 3.8) is 0 Å². The first-order chi connectivity index (χ1) is 10.6. The van der Waals surface area contributed by atoms with Crippen molar-refractivity contribution in [3.8, 4) is 0 Å². The lowest BCUT2D eigenvalue weighted by atomic mass is 9.85. The lowest BCUT2D eigenvalue weighted by Gasteiger charge is -2.21. The van der Waals surface area contributed by atoms with Crippen LogP contribution < -0.4 is 5.32 Å². The predicted octanol–water partition coefficient (Wildman–Crippen LogP) is 4.42. The third kappa shape index (κ3) is 12.7. The van der Waals surface area contributed by atoms with Gasteiger partial charge in [0.1, 0.15) is 0 Å². The summed E-state index contributed by atoms with van der Waals surface area (Å²) >= 11 is 0. The van der Waals surface area contributed by atoms with E-state index in [2.05, 4.69) is 5.32 Å². The van der Waals surface area contributed by atoms with E-state index in [1.165, 1.54) is 70.6 Å². The van der Waals surface area contributed by atoms with E-state index in [9.17, 15) is 8.42 Å². The molecule has 0 aromatic heterocycles. The molecule has 0 saturated heterocycles. The van der Waals surface area contributed by atoms with E-state index in [1.54, 1.807) is 0 Å².